The van der Waals surface area contributed by atoms with Crippen LogP contribution >= 0.6 is 0 Å². The molecule has 2 amide bonds. The molecule has 1 aliphatic carbocycles. The zero-order valence-corrected chi connectivity index (χ0v) is 15.3. The summed E-state index contributed by atoms with van der Waals surface area (Å²) < 4.78 is 0. The largest absolute Gasteiger partial charge is 0.326 e. The van der Waals surface area contributed by atoms with Crippen LogP contribution in [-0.2, 0) is 4.79 Å². The fourth-order valence-electron chi connectivity index (χ4n) is 2.53. The van der Waals surface area contributed by atoms with Gasteiger partial charge in [0.15, 0.2) is 0 Å². The molecule has 134 valence electrons. The fourth-order valence-corrected chi connectivity index (χ4v) is 2.53. The second kappa shape index (κ2) is 7.52. The Morgan fingerprint density at radius 3 is 2.23 bits per heavy atom. The van der Waals surface area contributed by atoms with Gasteiger partial charge in [-0.2, -0.15) is 5.10 Å². The van der Waals surface area contributed by atoms with Gasteiger partial charge in [0.1, 0.15) is 0 Å². The Labute approximate surface area is 153 Å². The van der Waals surface area contributed by atoms with Crippen LogP contribution in [-0.4, -0.2) is 17.5 Å². The van der Waals surface area contributed by atoms with Crippen LogP contribution in [0, 0.1) is 19.8 Å². The molecule has 0 unspecified atom stereocenters. The van der Waals surface area contributed by atoms with Gasteiger partial charge in [-0.3, -0.25) is 9.59 Å². The van der Waals surface area contributed by atoms with E-state index < -0.39 is 0 Å². The Bertz CT molecular complexity index is 865. The summed E-state index contributed by atoms with van der Waals surface area (Å²) in [5, 5.41) is 7.08. The van der Waals surface area contributed by atoms with E-state index >= 15 is 0 Å². The van der Waals surface area contributed by atoms with Crippen LogP contribution in [0.3, 0.4) is 0 Å². The van der Waals surface area contributed by atoms with Gasteiger partial charge in [-0.05, 0) is 74.6 Å². The van der Waals surface area contributed by atoms with E-state index in [1.807, 2.05) is 57.2 Å². The maximum atomic E-state index is 12.2. The summed E-state index contributed by atoms with van der Waals surface area (Å²) in [7, 11) is 0. The van der Waals surface area contributed by atoms with E-state index in [4.69, 9.17) is 0 Å². The van der Waals surface area contributed by atoms with Gasteiger partial charge in [-0.1, -0.05) is 18.2 Å². The van der Waals surface area contributed by atoms with E-state index in [1.54, 1.807) is 6.07 Å². The lowest BCUT2D eigenvalue weighted by Crippen LogP contribution is -2.19. The van der Waals surface area contributed by atoms with Crippen molar-refractivity contribution in [2.75, 3.05) is 5.32 Å². The molecule has 1 fully saturated rings. The molecule has 1 aliphatic rings. The zero-order valence-electron chi connectivity index (χ0n) is 15.3. The van der Waals surface area contributed by atoms with E-state index in [-0.39, 0.29) is 17.7 Å². The first-order valence-electron chi connectivity index (χ1n) is 8.77. The summed E-state index contributed by atoms with van der Waals surface area (Å²) in [6.07, 6.45) is 1.96. The van der Waals surface area contributed by atoms with E-state index in [0.717, 1.165) is 35.2 Å². The number of carbonyl (C=O) groups is 2. The van der Waals surface area contributed by atoms with Crippen molar-refractivity contribution in [1.29, 1.82) is 0 Å². The number of benzene rings is 2. The van der Waals surface area contributed by atoms with Crippen LogP contribution in [0.15, 0.2) is 47.6 Å². The molecular weight excluding hydrogens is 326 g/mol. The summed E-state index contributed by atoms with van der Waals surface area (Å²) >= 11 is 0. The van der Waals surface area contributed by atoms with Gasteiger partial charge in [0.2, 0.25) is 5.91 Å². The van der Waals surface area contributed by atoms with Crippen LogP contribution in [0.25, 0.3) is 0 Å². The minimum atomic E-state index is -0.235. The van der Waals surface area contributed by atoms with Crippen LogP contribution in [0.1, 0.15) is 46.8 Å². The maximum absolute atomic E-state index is 12.2. The number of amides is 2. The third-order valence-electron chi connectivity index (χ3n) is 4.61. The number of anilines is 1. The zero-order chi connectivity index (χ0) is 18.7. The Morgan fingerprint density at radius 1 is 0.962 bits per heavy atom. The minimum Gasteiger partial charge on any atom is -0.326 e. The molecule has 0 atom stereocenters. The lowest BCUT2D eigenvalue weighted by atomic mass is 10.1. The monoisotopic (exact) mass is 349 g/mol. The molecule has 0 aliphatic heterocycles. The van der Waals surface area contributed by atoms with Crippen molar-refractivity contribution in [3.63, 3.8) is 0 Å². The third-order valence-corrected chi connectivity index (χ3v) is 4.61. The molecule has 2 N–H and O–H groups in total. The van der Waals surface area contributed by atoms with Crippen LogP contribution < -0.4 is 10.7 Å². The SMILES string of the molecule is CC(=NNC(=O)c1ccc(C)c(C)c1)c1ccc(NC(=O)C2CC2)cc1. The molecule has 1 saturated carbocycles. The first kappa shape index (κ1) is 17.9. The van der Waals surface area contributed by atoms with Crippen LogP contribution in [0.4, 0.5) is 5.69 Å². The number of hydrogen-bond donors (Lipinski definition) is 2. The van der Waals surface area contributed by atoms with Gasteiger partial charge in [-0.25, -0.2) is 5.43 Å². The van der Waals surface area contributed by atoms with E-state index in [1.165, 1.54) is 0 Å². The molecule has 0 saturated heterocycles. The maximum Gasteiger partial charge on any atom is 0.271 e. The van der Waals surface area contributed by atoms with Crippen molar-refractivity contribution in [2.24, 2.45) is 11.0 Å². The smallest absolute Gasteiger partial charge is 0.271 e. The normalized spacial score (nSPS) is 14.0. The Morgan fingerprint density at radius 2 is 1.62 bits per heavy atom. The average Bonchev–Trinajstić information content (AvgIpc) is 3.47. The summed E-state index contributed by atoms with van der Waals surface area (Å²) in [5.41, 5.74) is 7.75. The van der Waals surface area contributed by atoms with Gasteiger partial charge < -0.3 is 5.32 Å². The first-order chi connectivity index (χ1) is 12.4. The molecule has 0 aromatic heterocycles. The number of carbonyl (C=O) groups excluding carboxylic acids is 2. The van der Waals surface area contributed by atoms with Crippen molar-refractivity contribution in [1.82, 2.24) is 5.43 Å². The molecule has 2 aromatic carbocycles. The summed E-state index contributed by atoms with van der Waals surface area (Å²) in [4.78, 5) is 24.0. The topological polar surface area (TPSA) is 70.6 Å². The number of nitrogens with zero attached hydrogens (tertiary/aromatic N) is 1. The molecule has 5 nitrogen and oxygen atoms in total. The number of nitrogens with one attached hydrogen (secondary N) is 2. The van der Waals surface area contributed by atoms with E-state index in [2.05, 4.69) is 15.8 Å². The van der Waals surface area contributed by atoms with Crippen molar-refractivity contribution in [3.05, 3.63) is 64.7 Å². The molecule has 0 heterocycles. The minimum absolute atomic E-state index is 0.0868. The highest BCUT2D eigenvalue weighted by Gasteiger charge is 2.29. The molecule has 5 heteroatoms. The van der Waals surface area contributed by atoms with Crippen molar-refractivity contribution < 1.29 is 9.59 Å². The second-order valence-corrected chi connectivity index (χ2v) is 6.78. The number of aryl methyl sites for hydroxylation is 2. The molecule has 3 rings (SSSR count). The summed E-state index contributed by atoms with van der Waals surface area (Å²) in [6, 6.07) is 13.0. The molecule has 0 bridgehead atoms. The van der Waals surface area contributed by atoms with Crippen molar-refractivity contribution in [3.8, 4) is 0 Å². The third kappa shape index (κ3) is 4.36. The molecule has 26 heavy (non-hydrogen) atoms. The Balaban J connectivity index is 1.62. The van der Waals surface area contributed by atoms with Crippen LogP contribution in [0.2, 0.25) is 0 Å². The van der Waals surface area contributed by atoms with E-state index in [0.29, 0.717) is 11.3 Å². The lowest BCUT2D eigenvalue weighted by molar-refractivity contribution is -0.117. The standard InChI is InChI=1S/C21H23N3O2/c1-13-4-5-18(12-14(13)2)21(26)24-23-15(3)16-8-10-19(11-9-16)22-20(25)17-6-7-17/h4-5,8-12,17H,6-7H2,1-3H3,(H,22,25)(H,24,26). The lowest BCUT2D eigenvalue weighted by Gasteiger charge is -2.07. The molecule has 2 aromatic rings. The fraction of sp³-hybridized carbons (Fsp3) is 0.286. The van der Waals surface area contributed by atoms with Crippen LogP contribution in [0.5, 0.6) is 0 Å². The highest BCUT2D eigenvalue weighted by atomic mass is 16.2. The first-order valence-corrected chi connectivity index (χ1v) is 8.77. The molecule has 0 spiro atoms. The summed E-state index contributed by atoms with van der Waals surface area (Å²) in [6.45, 7) is 5.82. The second-order valence-electron chi connectivity index (χ2n) is 6.78. The quantitative estimate of drug-likeness (QED) is 0.636. The van der Waals surface area contributed by atoms with Gasteiger partial charge in [-0.15, -0.1) is 0 Å². The number of rotatable bonds is 5. The van der Waals surface area contributed by atoms with Gasteiger partial charge in [0, 0.05) is 17.2 Å². The van der Waals surface area contributed by atoms with Crippen molar-refractivity contribution >= 4 is 23.2 Å². The van der Waals surface area contributed by atoms with Gasteiger partial charge in [0.25, 0.3) is 5.91 Å². The Kier molecular flexibility index (Phi) is 5.16. The predicted molar refractivity (Wildman–Crippen MR) is 103 cm³/mol. The predicted octanol–water partition coefficient (Wildman–Crippen LogP) is 3.81. The highest BCUT2D eigenvalue weighted by molar-refractivity contribution is 6.01. The average molecular weight is 349 g/mol. The molecule has 0 radical (unpaired) electrons. The van der Waals surface area contributed by atoms with Gasteiger partial charge >= 0.3 is 0 Å². The Hall–Kier alpha value is -2.95. The van der Waals surface area contributed by atoms with Gasteiger partial charge in [0.05, 0.1) is 5.71 Å². The highest BCUT2D eigenvalue weighted by Crippen LogP contribution is 2.30. The van der Waals surface area contributed by atoms with E-state index in [9.17, 15) is 9.59 Å². The molecular formula is C21H23N3O2. The van der Waals surface area contributed by atoms with Crippen molar-refractivity contribution in [2.45, 2.75) is 33.6 Å². The number of hydrogen-bond acceptors (Lipinski definition) is 3. The summed E-state index contributed by atoms with van der Waals surface area (Å²) in [5.74, 6) is 0.0307. The number of hydrazone groups is 1.